The van der Waals surface area contributed by atoms with E-state index in [1.807, 2.05) is 25.1 Å². The van der Waals surface area contributed by atoms with Crippen molar-refractivity contribution in [2.75, 3.05) is 24.6 Å². The minimum absolute atomic E-state index is 0.0672. The van der Waals surface area contributed by atoms with Crippen molar-refractivity contribution in [3.8, 4) is 6.07 Å². The van der Waals surface area contributed by atoms with Crippen molar-refractivity contribution in [1.29, 1.82) is 5.26 Å². The third-order valence-electron chi connectivity index (χ3n) is 3.36. The Morgan fingerprint density at radius 1 is 1.45 bits per heavy atom. The molecule has 3 heterocycles. The van der Waals surface area contributed by atoms with E-state index in [0.717, 1.165) is 24.6 Å². The number of hydrogen-bond acceptors (Lipinski definition) is 5. The van der Waals surface area contributed by atoms with Crippen LogP contribution >= 0.6 is 11.3 Å². The molecular formula is C15H15N3OS. The number of thiophene rings is 1. The van der Waals surface area contributed by atoms with Gasteiger partial charge in [0.05, 0.1) is 18.7 Å². The highest BCUT2D eigenvalue weighted by atomic mass is 32.1. The molecule has 0 aliphatic carbocycles. The van der Waals surface area contributed by atoms with Crippen molar-refractivity contribution in [3.63, 3.8) is 0 Å². The molecule has 102 valence electrons. The molecule has 0 amide bonds. The number of rotatable bonds is 2. The van der Waals surface area contributed by atoms with Crippen LogP contribution in [0.1, 0.15) is 22.2 Å². The second kappa shape index (κ2) is 5.61. The largest absolute Gasteiger partial charge is 0.369 e. The number of morpholine rings is 1. The van der Waals surface area contributed by atoms with E-state index in [4.69, 9.17) is 4.74 Å². The summed E-state index contributed by atoms with van der Waals surface area (Å²) in [6, 6.07) is 10.1. The predicted molar refractivity (Wildman–Crippen MR) is 78.9 cm³/mol. The van der Waals surface area contributed by atoms with E-state index >= 15 is 0 Å². The number of ether oxygens (including phenoxy) is 1. The van der Waals surface area contributed by atoms with Gasteiger partial charge >= 0.3 is 0 Å². The first-order valence-corrected chi connectivity index (χ1v) is 7.43. The molecule has 20 heavy (non-hydrogen) atoms. The molecule has 0 bridgehead atoms. The first kappa shape index (κ1) is 13.1. The second-order valence-electron chi connectivity index (χ2n) is 4.76. The average Bonchev–Trinajstić information content (AvgIpc) is 3.01. The fourth-order valence-corrected chi connectivity index (χ4v) is 3.13. The standard InChI is InChI=1S/C15H15N3OS/c1-11-4-5-12(9-16)15(17-11)18-6-7-19-13(10-18)14-3-2-8-20-14/h2-5,8,13H,6-7,10H2,1H3. The Bertz CT molecular complexity index is 633. The summed E-state index contributed by atoms with van der Waals surface area (Å²) in [4.78, 5) is 7.91. The summed E-state index contributed by atoms with van der Waals surface area (Å²) in [6.45, 7) is 4.11. The lowest BCUT2D eigenvalue weighted by Gasteiger charge is -2.33. The molecule has 2 aromatic heterocycles. The van der Waals surface area contributed by atoms with Crippen LogP contribution in [0.5, 0.6) is 0 Å². The van der Waals surface area contributed by atoms with E-state index in [0.29, 0.717) is 12.2 Å². The Morgan fingerprint density at radius 3 is 3.10 bits per heavy atom. The highest BCUT2D eigenvalue weighted by Crippen LogP contribution is 2.29. The maximum atomic E-state index is 9.24. The van der Waals surface area contributed by atoms with Crippen LogP contribution < -0.4 is 4.90 Å². The van der Waals surface area contributed by atoms with Gasteiger partial charge in [0, 0.05) is 17.1 Å². The van der Waals surface area contributed by atoms with Crippen LogP contribution in [0.2, 0.25) is 0 Å². The Labute approximate surface area is 122 Å². The molecule has 2 aromatic rings. The van der Waals surface area contributed by atoms with E-state index < -0.39 is 0 Å². The summed E-state index contributed by atoms with van der Waals surface area (Å²) in [6.07, 6.45) is 0.0672. The molecule has 1 unspecified atom stereocenters. The number of aryl methyl sites for hydroxylation is 1. The molecule has 1 saturated heterocycles. The summed E-state index contributed by atoms with van der Waals surface area (Å²) in [7, 11) is 0. The van der Waals surface area contributed by atoms with Crippen LogP contribution in [0, 0.1) is 18.3 Å². The fourth-order valence-electron chi connectivity index (χ4n) is 2.36. The van der Waals surface area contributed by atoms with Crippen molar-refractivity contribution in [2.45, 2.75) is 13.0 Å². The zero-order valence-electron chi connectivity index (χ0n) is 11.2. The molecule has 5 heteroatoms. The fraction of sp³-hybridized carbons (Fsp3) is 0.333. The smallest absolute Gasteiger partial charge is 0.146 e. The van der Waals surface area contributed by atoms with E-state index in [2.05, 4.69) is 27.4 Å². The quantitative estimate of drug-likeness (QED) is 0.851. The van der Waals surface area contributed by atoms with E-state index in [1.165, 1.54) is 4.88 Å². The lowest BCUT2D eigenvalue weighted by Crippen LogP contribution is -2.39. The summed E-state index contributed by atoms with van der Waals surface area (Å²) < 4.78 is 5.84. The Kier molecular flexibility index (Phi) is 3.68. The molecule has 1 atom stereocenters. The first-order valence-electron chi connectivity index (χ1n) is 6.55. The normalized spacial score (nSPS) is 18.8. The summed E-state index contributed by atoms with van der Waals surface area (Å²) in [5.41, 5.74) is 1.56. The van der Waals surface area contributed by atoms with Crippen LogP contribution in [-0.2, 0) is 4.74 Å². The van der Waals surface area contributed by atoms with E-state index in [9.17, 15) is 5.26 Å². The minimum atomic E-state index is 0.0672. The number of nitrogens with zero attached hydrogens (tertiary/aromatic N) is 3. The Balaban J connectivity index is 1.87. The molecule has 4 nitrogen and oxygen atoms in total. The van der Waals surface area contributed by atoms with Crippen molar-refractivity contribution in [2.24, 2.45) is 0 Å². The minimum Gasteiger partial charge on any atom is -0.369 e. The molecule has 1 aliphatic heterocycles. The third kappa shape index (κ3) is 2.53. The number of anilines is 1. The molecule has 1 fully saturated rings. The summed E-state index contributed by atoms with van der Waals surface area (Å²) in [5.74, 6) is 0.775. The van der Waals surface area contributed by atoms with Crippen LogP contribution in [0.25, 0.3) is 0 Å². The summed E-state index contributed by atoms with van der Waals surface area (Å²) >= 11 is 1.70. The van der Waals surface area contributed by atoms with Gasteiger partial charge in [-0.2, -0.15) is 5.26 Å². The zero-order valence-corrected chi connectivity index (χ0v) is 12.1. The van der Waals surface area contributed by atoms with E-state index in [1.54, 1.807) is 11.3 Å². The van der Waals surface area contributed by atoms with Gasteiger partial charge in [-0.1, -0.05) is 6.07 Å². The van der Waals surface area contributed by atoms with Gasteiger partial charge < -0.3 is 9.64 Å². The van der Waals surface area contributed by atoms with Crippen LogP contribution in [0.3, 0.4) is 0 Å². The van der Waals surface area contributed by atoms with Gasteiger partial charge in [-0.25, -0.2) is 4.98 Å². The number of pyridine rings is 1. The molecule has 0 saturated carbocycles. The molecule has 0 spiro atoms. The van der Waals surface area contributed by atoms with Gasteiger partial charge in [-0.05, 0) is 30.5 Å². The topological polar surface area (TPSA) is 49.2 Å². The predicted octanol–water partition coefficient (Wildman–Crippen LogP) is 2.90. The van der Waals surface area contributed by atoms with Crippen molar-refractivity contribution in [3.05, 3.63) is 45.8 Å². The molecule has 3 rings (SSSR count). The maximum Gasteiger partial charge on any atom is 0.146 e. The van der Waals surface area contributed by atoms with Gasteiger partial charge in [0.2, 0.25) is 0 Å². The highest BCUT2D eigenvalue weighted by Gasteiger charge is 2.25. The van der Waals surface area contributed by atoms with Gasteiger partial charge in [0.1, 0.15) is 18.0 Å². The number of aromatic nitrogens is 1. The number of hydrogen-bond donors (Lipinski definition) is 0. The van der Waals surface area contributed by atoms with Crippen LogP contribution in [-0.4, -0.2) is 24.7 Å². The lowest BCUT2D eigenvalue weighted by atomic mass is 10.2. The van der Waals surface area contributed by atoms with Gasteiger partial charge in [0.25, 0.3) is 0 Å². The van der Waals surface area contributed by atoms with Crippen molar-refractivity contribution >= 4 is 17.2 Å². The van der Waals surface area contributed by atoms with Crippen LogP contribution in [0.4, 0.5) is 5.82 Å². The van der Waals surface area contributed by atoms with Gasteiger partial charge in [-0.3, -0.25) is 0 Å². The SMILES string of the molecule is Cc1ccc(C#N)c(N2CCOC(c3cccs3)C2)n1. The molecule has 1 aliphatic rings. The molecule has 0 N–H and O–H groups in total. The average molecular weight is 285 g/mol. The monoisotopic (exact) mass is 285 g/mol. The lowest BCUT2D eigenvalue weighted by molar-refractivity contribution is 0.0418. The number of nitriles is 1. The highest BCUT2D eigenvalue weighted by molar-refractivity contribution is 7.10. The van der Waals surface area contributed by atoms with Crippen molar-refractivity contribution in [1.82, 2.24) is 4.98 Å². The zero-order chi connectivity index (χ0) is 13.9. The third-order valence-corrected chi connectivity index (χ3v) is 4.33. The van der Waals surface area contributed by atoms with Gasteiger partial charge in [0.15, 0.2) is 0 Å². The molecular weight excluding hydrogens is 270 g/mol. The first-order chi connectivity index (χ1) is 9.78. The molecule has 0 radical (unpaired) electrons. The Hall–Kier alpha value is -1.90. The van der Waals surface area contributed by atoms with Crippen LogP contribution in [0.15, 0.2) is 29.6 Å². The van der Waals surface area contributed by atoms with E-state index in [-0.39, 0.29) is 6.10 Å². The summed E-state index contributed by atoms with van der Waals surface area (Å²) in [5, 5.41) is 11.3. The maximum absolute atomic E-state index is 9.24. The van der Waals surface area contributed by atoms with Gasteiger partial charge in [-0.15, -0.1) is 11.3 Å². The van der Waals surface area contributed by atoms with Crippen molar-refractivity contribution < 1.29 is 4.74 Å². The second-order valence-corrected chi connectivity index (χ2v) is 5.74. The molecule has 0 aromatic carbocycles. The Morgan fingerprint density at radius 2 is 2.35 bits per heavy atom.